The molecule has 5 nitrogen and oxygen atoms in total. The van der Waals surface area contributed by atoms with Gasteiger partial charge < -0.3 is 22.3 Å². The van der Waals surface area contributed by atoms with Crippen molar-refractivity contribution in [1.29, 1.82) is 10.8 Å². The van der Waals surface area contributed by atoms with E-state index in [1.807, 2.05) is 0 Å². The molecule has 1 heterocycles. The van der Waals surface area contributed by atoms with Crippen LogP contribution in [0.2, 0.25) is 0 Å². The van der Waals surface area contributed by atoms with Crippen LogP contribution in [0.15, 0.2) is 24.0 Å². The molecule has 1 aromatic rings. The summed E-state index contributed by atoms with van der Waals surface area (Å²) in [5.41, 5.74) is 12.9. The normalized spacial score (nSPS) is 9.67. The lowest BCUT2D eigenvalue weighted by atomic mass is 10.1. The van der Waals surface area contributed by atoms with E-state index in [1.165, 1.54) is 25.1 Å². The average Bonchev–Trinajstić information content (AvgIpc) is 2.40. The standard InChI is InChI=1S/C10H13N5.2C3H8/c1-6(12)2-9(13)8-3-7(4-11)10(14)15-5-8;2*1-3-2/h2-5,11,13H,12H2,1H3,(H2,14,15);2*3H2,1-2H3/b6-2+,11-4?,13-9?;;. The molecule has 0 amide bonds. The first kappa shape index (κ1) is 21.1. The van der Waals surface area contributed by atoms with Crippen molar-refractivity contribution in [1.82, 2.24) is 4.98 Å². The van der Waals surface area contributed by atoms with Crippen molar-refractivity contribution in [3.05, 3.63) is 35.2 Å². The van der Waals surface area contributed by atoms with Crippen LogP contribution < -0.4 is 11.5 Å². The summed E-state index contributed by atoms with van der Waals surface area (Å²) in [5.74, 6) is 0.287. The maximum Gasteiger partial charge on any atom is 0.132 e. The molecule has 0 fully saturated rings. The monoisotopic (exact) mass is 291 g/mol. The van der Waals surface area contributed by atoms with Crippen LogP contribution >= 0.6 is 0 Å². The molecular formula is C16H29N5. The molecule has 0 saturated heterocycles. The van der Waals surface area contributed by atoms with E-state index >= 15 is 0 Å². The van der Waals surface area contributed by atoms with Gasteiger partial charge in [-0.25, -0.2) is 4.98 Å². The summed E-state index contributed by atoms with van der Waals surface area (Å²) < 4.78 is 0. The zero-order valence-corrected chi connectivity index (χ0v) is 13.8. The number of anilines is 1. The Bertz CT molecular complexity index is 458. The van der Waals surface area contributed by atoms with Crippen LogP contribution in [0.25, 0.3) is 0 Å². The van der Waals surface area contributed by atoms with Gasteiger partial charge in [-0.1, -0.05) is 40.5 Å². The van der Waals surface area contributed by atoms with Gasteiger partial charge in [0.05, 0.1) is 5.71 Å². The molecule has 1 rings (SSSR count). The summed E-state index contributed by atoms with van der Waals surface area (Å²) in [4.78, 5) is 3.89. The van der Waals surface area contributed by atoms with Gasteiger partial charge in [-0.05, 0) is 19.1 Å². The summed E-state index contributed by atoms with van der Waals surface area (Å²) >= 11 is 0. The Labute approximate surface area is 128 Å². The van der Waals surface area contributed by atoms with Crippen LogP contribution in [-0.2, 0) is 0 Å². The van der Waals surface area contributed by atoms with E-state index in [0.717, 1.165) is 6.21 Å². The maximum absolute atomic E-state index is 7.69. The average molecular weight is 291 g/mol. The van der Waals surface area contributed by atoms with Crippen LogP contribution in [-0.4, -0.2) is 16.9 Å². The van der Waals surface area contributed by atoms with Crippen LogP contribution in [0.5, 0.6) is 0 Å². The molecule has 118 valence electrons. The molecule has 0 saturated carbocycles. The third-order valence-electron chi connectivity index (χ3n) is 1.79. The first-order chi connectivity index (χ1) is 9.87. The fourth-order valence-corrected chi connectivity index (χ4v) is 1.07. The van der Waals surface area contributed by atoms with Gasteiger partial charge in [-0.2, -0.15) is 0 Å². The lowest BCUT2D eigenvalue weighted by Crippen LogP contribution is -2.04. The number of aromatic nitrogens is 1. The van der Waals surface area contributed by atoms with Gasteiger partial charge in [0.15, 0.2) is 0 Å². The molecule has 1 aromatic heterocycles. The Morgan fingerprint density at radius 1 is 1.24 bits per heavy atom. The molecule has 0 aliphatic heterocycles. The van der Waals surface area contributed by atoms with Crippen molar-refractivity contribution in [3.8, 4) is 0 Å². The van der Waals surface area contributed by atoms with Crippen LogP contribution in [0.4, 0.5) is 5.82 Å². The van der Waals surface area contributed by atoms with E-state index in [4.69, 9.17) is 22.3 Å². The molecule has 0 aliphatic rings. The fourth-order valence-electron chi connectivity index (χ4n) is 1.07. The molecule has 0 atom stereocenters. The smallest absolute Gasteiger partial charge is 0.132 e. The van der Waals surface area contributed by atoms with Crippen molar-refractivity contribution in [2.45, 2.75) is 47.5 Å². The van der Waals surface area contributed by atoms with Gasteiger partial charge in [0.2, 0.25) is 0 Å². The zero-order valence-electron chi connectivity index (χ0n) is 13.8. The van der Waals surface area contributed by atoms with E-state index in [-0.39, 0.29) is 11.5 Å². The van der Waals surface area contributed by atoms with Crippen molar-refractivity contribution < 1.29 is 0 Å². The number of nitrogen functional groups attached to an aromatic ring is 1. The lowest BCUT2D eigenvalue weighted by Gasteiger charge is -2.03. The number of nitrogens with zero attached hydrogens (tertiary/aromatic N) is 1. The summed E-state index contributed by atoms with van der Waals surface area (Å²) in [6, 6.07) is 1.64. The van der Waals surface area contributed by atoms with Crippen LogP contribution in [0.3, 0.4) is 0 Å². The fraction of sp³-hybridized carbons (Fsp3) is 0.438. The number of allylic oxidation sites excluding steroid dienone is 2. The highest BCUT2D eigenvalue weighted by Gasteiger charge is 2.03. The van der Waals surface area contributed by atoms with Crippen molar-refractivity contribution in [2.24, 2.45) is 5.73 Å². The highest BCUT2D eigenvalue weighted by atomic mass is 14.8. The second-order valence-electron chi connectivity index (χ2n) is 4.56. The Balaban J connectivity index is 0. The summed E-state index contributed by atoms with van der Waals surface area (Å²) in [7, 11) is 0. The second-order valence-corrected chi connectivity index (χ2v) is 4.56. The van der Waals surface area contributed by atoms with Crippen LogP contribution in [0.1, 0.15) is 58.6 Å². The minimum Gasteiger partial charge on any atom is -0.402 e. The number of nitrogens with two attached hydrogens (primary N) is 2. The molecule has 0 aromatic carbocycles. The van der Waals surface area contributed by atoms with Gasteiger partial charge in [0.1, 0.15) is 5.82 Å². The topological polar surface area (TPSA) is 113 Å². The largest absolute Gasteiger partial charge is 0.402 e. The highest BCUT2D eigenvalue weighted by Crippen LogP contribution is 2.09. The number of pyridine rings is 1. The molecular weight excluding hydrogens is 262 g/mol. The third-order valence-corrected chi connectivity index (χ3v) is 1.79. The molecule has 0 spiro atoms. The molecule has 0 radical (unpaired) electrons. The number of nitrogens with one attached hydrogen (secondary N) is 2. The molecule has 0 unspecified atom stereocenters. The summed E-state index contributed by atoms with van der Waals surface area (Å²) in [6.07, 6.45) is 6.63. The Morgan fingerprint density at radius 2 is 1.71 bits per heavy atom. The van der Waals surface area contributed by atoms with Crippen LogP contribution in [0, 0.1) is 10.8 Å². The lowest BCUT2D eigenvalue weighted by molar-refractivity contribution is 1.09. The number of hydrogen-bond donors (Lipinski definition) is 4. The maximum atomic E-state index is 7.69. The van der Waals surface area contributed by atoms with E-state index in [0.29, 0.717) is 16.8 Å². The number of hydrogen-bond acceptors (Lipinski definition) is 5. The highest BCUT2D eigenvalue weighted by molar-refractivity contribution is 6.07. The molecule has 21 heavy (non-hydrogen) atoms. The minimum atomic E-state index is 0.255. The van der Waals surface area contributed by atoms with Gasteiger partial charge in [-0.15, -0.1) is 0 Å². The van der Waals surface area contributed by atoms with E-state index < -0.39 is 0 Å². The summed E-state index contributed by atoms with van der Waals surface area (Å²) in [5, 5.41) is 14.8. The number of rotatable bonds is 3. The van der Waals surface area contributed by atoms with Crippen molar-refractivity contribution in [2.75, 3.05) is 5.73 Å². The van der Waals surface area contributed by atoms with E-state index in [9.17, 15) is 0 Å². The molecule has 6 N–H and O–H groups in total. The molecule has 0 bridgehead atoms. The Hall–Kier alpha value is -2.17. The first-order valence-corrected chi connectivity index (χ1v) is 7.16. The van der Waals surface area contributed by atoms with Gasteiger partial charge >= 0.3 is 0 Å². The molecule has 0 aliphatic carbocycles. The third kappa shape index (κ3) is 10.3. The van der Waals surface area contributed by atoms with E-state index in [2.05, 4.69) is 32.7 Å². The Morgan fingerprint density at radius 3 is 2.10 bits per heavy atom. The Kier molecular flexibility index (Phi) is 12.9. The van der Waals surface area contributed by atoms with E-state index in [1.54, 1.807) is 13.0 Å². The minimum absolute atomic E-state index is 0.255. The first-order valence-electron chi connectivity index (χ1n) is 7.16. The van der Waals surface area contributed by atoms with Gasteiger partial charge in [0, 0.05) is 29.2 Å². The SMILES string of the molecule is C/C(N)=C\C(=N)c1cnc(N)c(C=N)c1.CCC.CCC. The van der Waals surface area contributed by atoms with Crippen molar-refractivity contribution in [3.63, 3.8) is 0 Å². The predicted molar refractivity (Wildman–Crippen MR) is 93.2 cm³/mol. The predicted octanol–water partition coefficient (Wildman–Crippen LogP) is 3.72. The second kappa shape index (κ2) is 12.8. The van der Waals surface area contributed by atoms with Gasteiger partial charge in [0.25, 0.3) is 0 Å². The van der Waals surface area contributed by atoms with Gasteiger partial charge in [-0.3, -0.25) is 0 Å². The quantitative estimate of drug-likeness (QED) is 0.636. The molecule has 5 heteroatoms. The van der Waals surface area contributed by atoms with Crippen molar-refractivity contribution >= 4 is 17.7 Å². The summed E-state index contributed by atoms with van der Waals surface area (Å²) in [6.45, 7) is 10.2. The zero-order chi connectivity index (χ0) is 16.8.